The molecular formula is C18H14N2O4S2. The van der Waals surface area contributed by atoms with Crippen molar-refractivity contribution < 1.29 is 14.1 Å². The quantitative estimate of drug-likeness (QED) is 0.326. The number of nitrogens with zero attached hydrogens (tertiary/aromatic N) is 2. The lowest BCUT2D eigenvalue weighted by Gasteiger charge is -2.17. The molecule has 1 amide bonds. The second-order valence-electron chi connectivity index (χ2n) is 5.62. The summed E-state index contributed by atoms with van der Waals surface area (Å²) in [6.45, 7) is 3.93. The number of allylic oxidation sites excluding steroid dienone is 2. The molecule has 0 saturated carbocycles. The number of rotatable bonds is 4. The van der Waals surface area contributed by atoms with Gasteiger partial charge in [0.15, 0.2) is 4.32 Å². The molecule has 1 fully saturated rings. The molecular weight excluding hydrogens is 372 g/mol. The van der Waals surface area contributed by atoms with Crippen LogP contribution < -0.4 is 4.90 Å². The van der Waals surface area contributed by atoms with E-state index >= 15 is 0 Å². The van der Waals surface area contributed by atoms with E-state index in [-0.39, 0.29) is 11.8 Å². The largest absolute Gasteiger partial charge is 0.433 e. The van der Waals surface area contributed by atoms with Crippen molar-refractivity contribution in [1.29, 1.82) is 0 Å². The fourth-order valence-corrected chi connectivity index (χ4v) is 3.74. The topological polar surface area (TPSA) is 76.6 Å². The van der Waals surface area contributed by atoms with E-state index in [0.29, 0.717) is 15.0 Å². The van der Waals surface area contributed by atoms with E-state index < -0.39 is 4.92 Å². The van der Waals surface area contributed by atoms with Gasteiger partial charge < -0.3 is 4.42 Å². The minimum atomic E-state index is -0.605. The minimum Gasteiger partial charge on any atom is -0.401 e. The third-order valence-corrected chi connectivity index (χ3v) is 5.01. The molecule has 2 aromatic rings. The highest BCUT2D eigenvalue weighted by Gasteiger charge is 2.33. The molecule has 0 unspecified atom stereocenters. The van der Waals surface area contributed by atoms with Gasteiger partial charge in [-0.05, 0) is 43.7 Å². The van der Waals surface area contributed by atoms with Gasteiger partial charge in [-0.15, -0.1) is 0 Å². The molecule has 6 nitrogen and oxygen atoms in total. The van der Waals surface area contributed by atoms with Crippen molar-refractivity contribution in [2.45, 2.75) is 13.8 Å². The summed E-state index contributed by atoms with van der Waals surface area (Å²) in [4.78, 5) is 24.7. The van der Waals surface area contributed by atoms with Gasteiger partial charge in [-0.1, -0.05) is 47.8 Å². The first-order chi connectivity index (χ1) is 12.4. The maximum absolute atomic E-state index is 12.7. The molecule has 3 rings (SSSR count). The zero-order chi connectivity index (χ0) is 18.8. The highest BCUT2D eigenvalue weighted by molar-refractivity contribution is 8.27. The van der Waals surface area contributed by atoms with Gasteiger partial charge in [0.1, 0.15) is 10.7 Å². The monoisotopic (exact) mass is 386 g/mol. The van der Waals surface area contributed by atoms with Gasteiger partial charge in [0.2, 0.25) is 0 Å². The molecule has 0 aliphatic carbocycles. The van der Waals surface area contributed by atoms with E-state index in [4.69, 9.17) is 16.6 Å². The summed E-state index contributed by atoms with van der Waals surface area (Å²) in [5.74, 6) is -0.189. The lowest BCUT2D eigenvalue weighted by atomic mass is 10.1. The van der Waals surface area contributed by atoms with Gasteiger partial charge in [0.05, 0.1) is 16.7 Å². The highest BCUT2D eigenvalue weighted by Crippen LogP contribution is 2.36. The second-order valence-corrected chi connectivity index (χ2v) is 7.30. The van der Waals surface area contributed by atoms with Gasteiger partial charge in [-0.25, -0.2) is 0 Å². The van der Waals surface area contributed by atoms with Gasteiger partial charge in [0, 0.05) is 0 Å². The molecule has 0 N–H and O–H groups in total. The molecule has 8 heteroatoms. The van der Waals surface area contributed by atoms with Crippen LogP contribution in [-0.2, 0) is 4.79 Å². The molecule has 132 valence electrons. The lowest BCUT2D eigenvalue weighted by molar-refractivity contribution is -0.402. The van der Waals surface area contributed by atoms with E-state index in [2.05, 4.69) is 0 Å². The van der Waals surface area contributed by atoms with E-state index in [1.165, 1.54) is 28.8 Å². The number of hydrogen-bond acceptors (Lipinski definition) is 6. The highest BCUT2D eigenvalue weighted by atomic mass is 32.2. The molecule has 0 spiro atoms. The number of anilines is 1. The Hall–Kier alpha value is -2.71. The maximum Gasteiger partial charge on any atom is 0.433 e. The van der Waals surface area contributed by atoms with Gasteiger partial charge in [-0.3, -0.25) is 19.8 Å². The summed E-state index contributed by atoms with van der Waals surface area (Å²) in [5, 5.41) is 10.6. The Labute approximate surface area is 159 Å². The molecule has 1 saturated heterocycles. The molecule has 1 aliphatic heterocycles. The van der Waals surface area contributed by atoms with Gasteiger partial charge >= 0.3 is 5.88 Å². The van der Waals surface area contributed by atoms with Crippen LogP contribution in [0, 0.1) is 24.0 Å². The number of aryl methyl sites for hydroxylation is 2. The first-order valence-corrected chi connectivity index (χ1v) is 8.85. The first-order valence-electron chi connectivity index (χ1n) is 7.63. The van der Waals surface area contributed by atoms with E-state index in [1.54, 1.807) is 18.2 Å². The minimum absolute atomic E-state index is 0.193. The summed E-state index contributed by atoms with van der Waals surface area (Å²) >= 11 is 6.57. The number of thiocarbonyl (C=S) groups is 1. The average Bonchev–Trinajstić information content (AvgIpc) is 3.14. The summed E-state index contributed by atoms with van der Waals surface area (Å²) in [6, 6.07) is 8.59. The van der Waals surface area contributed by atoms with Gasteiger partial charge in [-0.2, -0.15) is 0 Å². The van der Waals surface area contributed by atoms with Crippen molar-refractivity contribution in [1.82, 2.24) is 0 Å². The Morgan fingerprint density at radius 2 is 2.04 bits per heavy atom. The maximum atomic E-state index is 12.7. The van der Waals surface area contributed by atoms with E-state index in [9.17, 15) is 14.9 Å². The average molecular weight is 386 g/mol. The number of carbonyl (C=O) groups excluding carboxylic acids is 1. The third-order valence-electron chi connectivity index (χ3n) is 3.69. The summed E-state index contributed by atoms with van der Waals surface area (Å²) in [6.07, 6.45) is 4.78. The number of carbonyl (C=O) groups is 1. The van der Waals surface area contributed by atoms with Crippen LogP contribution in [0.25, 0.3) is 6.08 Å². The van der Waals surface area contributed by atoms with Crippen LogP contribution in [0.5, 0.6) is 0 Å². The first kappa shape index (κ1) is 18.1. The molecule has 1 aromatic carbocycles. The molecule has 0 atom stereocenters. The summed E-state index contributed by atoms with van der Waals surface area (Å²) in [5.41, 5.74) is 2.86. The number of thioether (sulfide) groups is 1. The van der Waals surface area contributed by atoms with E-state index in [1.807, 2.05) is 32.0 Å². The van der Waals surface area contributed by atoms with Crippen molar-refractivity contribution in [3.05, 3.63) is 74.4 Å². The molecule has 0 bridgehead atoms. The SMILES string of the molecule is Cc1ccc(N2C(=O)/C(=C\C=C\c3ccc([N+](=O)[O-])o3)SC2=S)c(C)c1. The van der Waals surface area contributed by atoms with Gasteiger partial charge in [0.25, 0.3) is 5.91 Å². The predicted octanol–water partition coefficient (Wildman–Crippen LogP) is 4.77. The van der Waals surface area contributed by atoms with Crippen LogP contribution in [-0.4, -0.2) is 15.2 Å². The van der Waals surface area contributed by atoms with Crippen LogP contribution in [0.3, 0.4) is 0 Å². The van der Waals surface area contributed by atoms with Crippen LogP contribution in [0.2, 0.25) is 0 Å². The zero-order valence-corrected chi connectivity index (χ0v) is 15.6. The number of amides is 1. The van der Waals surface area contributed by atoms with Crippen molar-refractivity contribution >= 4 is 51.9 Å². The van der Waals surface area contributed by atoms with Crippen molar-refractivity contribution in [2.75, 3.05) is 4.90 Å². The Kier molecular flexibility index (Phi) is 5.06. The van der Waals surface area contributed by atoms with Crippen molar-refractivity contribution in [3.8, 4) is 0 Å². The fraction of sp³-hybridized carbons (Fsp3) is 0.111. The molecule has 2 heterocycles. The molecule has 0 radical (unpaired) electrons. The Morgan fingerprint density at radius 1 is 1.27 bits per heavy atom. The third kappa shape index (κ3) is 3.61. The van der Waals surface area contributed by atoms with Crippen molar-refractivity contribution in [2.24, 2.45) is 0 Å². The number of nitro groups is 1. The van der Waals surface area contributed by atoms with Crippen LogP contribution in [0.15, 0.2) is 51.8 Å². The zero-order valence-electron chi connectivity index (χ0n) is 14.0. The molecule has 26 heavy (non-hydrogen) atoms. The Morgan fingerprint density at radius 3 is 2.69 bits per heavy atom. The Balaban J connectivity index is 1.80. The normalized spacial score (nSPS) is 16.2. The molecule has 1 aromatic heterocycles. The Bertz CT molecular complexity index is 975. The summed E-state index contributed by atoms with van der Waals surface area (Å²) in [7, 11) is 0. The number of benzene rings is 1. The predicted molar refractivity (Wildman–Crippen MR) is 106 cm³/mol. The summed E-state index contributed by atoms with van der Waals surface area (Å²) < 4.78 is 5.50. The van der Waals surface area contributed by atoms with E-state index in [0.717, 1.165) is 16.8 Å². The second kappa shape index (κ2) is 7.27. The van der Waals surface area contributed by atoms with Crippen LogP contribution in [0.4, 0.5) is 11.6 Å². The molecule has 1 aliphatic rings. The lowest BCUT2D eigenvalue weighted by Crippen LogP contribution is -2.28. The van der Waals surface area contributed by atoms with Crippen LogP contribution in [0.1, 0.15) is 16.9 Å². The van der Waals surface area contributed by atoms with Crippen LogP contribution >= 0.6 is 24.0 Å². The number of furan rings is 1. The number of hydrogen-bond donors (Lipinski definition) is 0. The standard InChI is InChI=1S/C18H14N2O4S2/c1-11-6-8-14(12(2)10-11)19-17(21)15(26-18(19)25)5-3-4-13-7-9-16(24-13)20(22)23/h3-10H,1-2H3/b4-3+,15-5+. The fourth-order valence-electron chi connectivity index (χ4n) is 2.51. The van der Waals surface area contributed by atoms with Crippen molar-refractivity contribution in [3.63, 3.8) is 0 Å². The smallest absolute Gasteiger partial charge is 0.401 e.